The third kappa shape index (κ3) is 2.77. The molecule has 0 saturated carbocycles. The fraction of sp³-hybridized carbons (Fsp3) is 0.0870. The highest BCUT2D eigenvalue weighted by Crippen LogP contribution is 2.39. The lowest BCUT2D eigenvalue weighted by Gasteiger charge is -2.10. The highest BCUT2D eigenvalue weighted by Gasteiger charge is 2.28. The van der Waals surface area contributed by atoms with Gasteiger partial charge in [0.25, 0.3) is 5.91 Å². The quantitative estimate of drug-likeness (QED) is 0.514. The Morgan fingerprint density at radius 3 is 2.66 bits per heavy atom. The molecule has 6 heteroatoms. The highest BCUT2D eigenvalue weighted by molar-refractivity contribution is 6.37. The fourth-order valence-electron chi connectivity index (χ4n) is 3.70. The first-order valence-electron chi connectivity index (χ1n) is 9.27. The number of carbonyl (C=O) groups excluding carboxylic acids is 1. The van der Waals surface area contributed by atoms with Crippen molar-refractivity contribution in [3.8, 4) is 17.0 Å². The smallest absolute Gasteiger partial charge is 0.256 e. The van der Waals surface area contributed by atoms with E-state index in [1.807, 2.05) is 55.5 Å². The number of hydrogen-bond donors (Lipinski definition) is 2. The molecule has 0 unspecified atom stereocenters. The molecule has 1 aliphatic heterocycles. The van der Waals surface area contributed by atoms with Crippen molar-refractivity contribution in [3.63, 3.8) is 0 Å². The number of ether oxygens (including phenoxy) is 1. The maximum absolute atomic E-state index is 12.7. The number of benzene rings is 2. The summed E-state index contributed by atoms with van der Waals surface area (Å²) in [6.45, 7) is 1.95. The summed E-state index contributed by atoms with van der Waals surface area (Å²) in [5.41, 5.74) is 6.84. The van der Waals surface area contributed by atoms with Crippen LogP contribution < -0.4 is 10.1 Å². The standard InChI is InChI=1S/C23H18N4O2/c1-13-21(14-6-4-3-5-7-14)27-22-17(25-13)9-8-16-20(22)15(23(28)26-16)12-18-19(29-2)10-11-24-18/h3-12,24H,1-2H3,(H,26,28). The first-order chi connectivity index (χ1) is 14.2. The Kier molecular flexibility index (Phi) is 3.91. The number of aryl methyl sites for hydroxylation is 1. The van der Waals surface area contributed by atoms with Gasteiger partial charge >= 0.3 is 0 Å². The van der Waals surface area contributed by atoms with Crippen LogP contribution in [0.25, 0.3) is 33.9 Å². The summed E-state index contributed by atoms with van der Waals surface area (Å²) in [7, 11) is 1.60. The van der Waals surface area contributed by atoms with Gasteiger partial charge in [0.15, 0.2) is 0 Å². The van der Waals surface area contributed by atoms with Gasteiger partial charge in [-0.05, 0) is 31.2 Å². The third-order valence-corrected chi connectivity index (χ3v) is 5.07. The summed E-state index contributed by atoms with van der Waals surface area (Å²) in [6.07, 6.45) is 3.57. The van der Waals surface area contributed by atoms with Crippen molar-refractivity contribution in [2.24, 2.45) is 0 Å². The molecule has 0 radical (unpaired) electrons. The van der Waals surface area contributed by atoms with Crippen LogP contribution in [0.1, 0.15) is 17.0 Å². The topological polar surface area (TPSA) is 79.9 Å². The molecule has 2 aromatic heterocycles. The minimum Gasteiger partial charge on any atom is -0.495 e. The third-order valence-electron chi connectivity index (χ3n) is 5.07. The van der Waals surface area contributed by atoms with Crippen LogP contribution in [0.15, 0.2) is 54.7 Å². The summed E-state index contributed by atoms with van der Waals surface area (Å²) in [4.78, 5) is 25.5. The van der Waals surface area contributed by atoms with Crippen molar-refractivity contribution in [2.75, 3.05) is 12.4 Å². The maximum atomic E-state index is 12.7. The Balaban J connectivity index is 1.76. The van der Waals surface area contributed by atoms with Crippen LogP contribution in [0, 0.1) is 6.92 Å². The zero-order valence-corrected chi connectivity index (χ0v) is 16.0. The Hall–Kier alpha value is -3.93. The van der Waals surface area contributed by atoms with Crippen LogP contribution in [-0.4, -0.2) is 28.0 Å². The van der Waals surface area contributed by atoms with E-state index in [0.717, 1.165) is 39.4 Å². The minimum absolute atomic E-state index is 0.173. The molecule has 29 heavy (non-hydrogen) atoms. The van der Waals surface area contributed by atoms with Crippen molar-refractivity contribution in [2.45, 2.75) is 6.92 Å². The summed E-state index contributed by atoms with van der Waals surface area (Å²) >= 11 is 0. The van der Waals surface area contributed by atoms with E-state index in [2.05, 4.69) is 10.3 Å². The van der Waals surface area contributed by atoms with E-state index in [9.17, 15) is 4.79 Å². The SMILES string of the molecule is COc1cc[nH]c1C=C1C(=O)Nc2ccc3nc(C)c(-c4ccccc4)nc3c21. The van der Waals surface area contributed by atoms with Gasteiger partial charge in [0, 0.05) is 17.3 Å². The molecule has 3 heterocycles. The highest BCUT2D eigenvalue weighted by atomic mass is 16.5. The zero-order chi connectivity index (χ0) is 20.0. The molecule has 6 nitrogen and oxygen atoms in total. The number of aromatic amines is 1. The van der Waals surface area contributed by atoms with Gasteiger partial charge < -0.3 is 15.0 Å². The molecule has 2 N–H and O–H groups in total. The van der Waals surface area contributed by atoms with Crippen LogP contribution in [0.2, 0.25) is 0 Å². The Morgan fingerprint density at radius 1 is 1.03 bits per heavy atom. The maximum Gasteiger partial charge on any atom is 0.256 e. The van der Waals surface area contributed by atoms with E-state index < -0.39 is 0 Å². The summed E-state index contributed by atoms with van der Waals surface area (Å²) in [5, 5.41) is 2.93. The second kappa shape index (κ2) is 6.60. The molecule has 0 spiro atoms. The van der Waals surface area contributed by atoms with Crippen molar-refractivity contribution in [1.29, 1.82) is 0 Å². The lowest BCUT2D eigenvalue weighted by atomic mass is 10.0. The van der Waals surface area contributed by atoms with E-state index in [1.165, 1.54) is 0 Å². The van der Waals surface area contributed by atoms with Crippen molar-refractivity contribution < 1.29 is 9.53 Å². The predicted octanol–water partition coefficient (Wildman–Crippen LogP) is 4.43. The van der Waals surface area contributed by atoms with Crippen LogP contribution in [0.4, 0.5) is 5.69 Å². The normalized spacial score (nSPS) is 14.3. The molecule has 5 rings (SSSR count). The number of carbonyl (C=O) groups is 1. The van der Waals surface area contributed by atoms with E-state index in [0.29, 0.717) is 16.8 Å². The average Bonchev–Trinajstić information content (AvgIpc) is 3.32. The Bertz CT molecular complexity index is 1290. The van der Waals surface area contributed by atoms with Gasteiger partial charge in [-0.2, -0.15) is 0 Å². The van der Waals surface area contributed by atoms with Gasteiger partial charge in [0.1, 0.15) is 5.75 Å². The molecule has 1 amide bonds. The summed E-state index contributed by atoms with van der Waals surface area (Å²) in [5.74, 6) is 0.499. The number of nitrogens with one attached hydrogen (secondary N) is 2. The van der Waals surface area contributed by atoms with E-state index >= 15 is 0 Å². The van der Waals surface area contributed by atoms with Gasteiger partial charge in [-0.3, -0.25) is 4.79 Å². The number of nitrogens with zero attached hydrogens (tertiary/aromatic N) is 2. The molecule has 0 atom stereocenters. The van der Waals surface area contributed by atoms with Gasteiger partial charge in [-0.25, -0.2) is 9.97 Å². The van der Waals surface area contributed by atoms with E-state index in [4.69, 9.17) is 14.7 Å². The molecular weight excluding hydrogens is 364 g/mol. The molecule has 0 fully saturated rings. The molecule has 1 aliphatic rings. The Labute approximate surface area is 167 Å². The lowest BCUT2D eigenvalue weighted by Crippen LogP contribution is -2.03. The number of amides is 1. The fourth-order valence-corrected chi connectivity index (χ4v) is 3.70. The minimum atomic E-state index is -0.173. The van der Waals surface area contributed by atoms with Crippen molar-refractivity contribution >= 4 is 34.3 Å². The molecule has 142 valence electrons. The van der Waals surface area contributed by atoms with Gasteiger partial charge in [0.2, 0.25) is 0 Å². The van der Waals surface area contributed by atoms with E-state index in [-0.39, 0.29) is 5.91 Å². The Morgan fingerprint density at radius 2 is 1.86 bits per heavy atom. The summed E-state index contributed by atoms with van der Waals surface area (Å²) < 4.78 is 5.36. The number of rotatable bonds is 3. The number of methoxy groups -OCH3 is 1. The summed E-state index contributed by atoms with van der Waals surface area (Å²) in [6, 6.07) is 15.5. The second-order valence-corrected chi connectivity index (χ2v) is 6.85. The van der Waals surface area contributed by atoms with Crippen LogP contribution in [0.5, 0.6) is 5.75 Å². The van der Waals surface area contributed by atoms with Crippen molar-refractivity contribution in [1.82, 2.24) is 15.0 Å². The molecule has 0 bridgehead atoms. The predicted molar refractivity (Wildman–Crippen MR) is 114 cm³/mol. The zero-order valence-electron chi connectivity index (χ0n) is 16.0. The van der Waals surface area contributed by atoms with Gasteiger partial charge in [0.05, 0.1) is 46.5 Å². The number of aromatic nitrogens is 3. The average molecular weight is 382 g/mol. The van der Waals surface area contributed by atoms with Gasteiger partial charge in [-0.15, -0.1) is 0 Å². The lowest BCUT2D eigenvalue weighted by molar-refractivity contribution is -0.110. The largest absolute Gasteiger partial charge is 0.495 e. The number of fused-ring (bicyclic) bond motifs is 3. The van der Waals surface area contributed by atoms with Crippen LogP contribution in [0.3, 0.4) is 0 Å². The number of H-pyrrole nitrogens is 1. The number of hydrogen-bond acceptors (Lipinski definition) is 4. The molecule has 4 aromatic rings. The monoisotopic (exact) mass is 382 g/mol. The second-order valence-electron chi connectivity index (χ2n) is 6.85. The number of anilines is 1. The van der Waals surface area contributed by atoms with Crippen molar-refractivity contribution in [3.05, 3.63) is 71.7 Å². The first kappa shape index (κ1) is 17.2. The van der Waals surface area contributed by atoms with Gasteiger partial charge in [-0.1, -0.05) is 30.3 Å². The molecule has 0 saturated heterocycles. The molecular formula is C23H18N4O2. The molecule has 2 aromatic carbocycles. The first-order valence-corrected chi connectivity index (χ1v) is 9.27. The van der Waals surface area contributed by atoms with E-state index in [1.54, 1.807) is 19.4 Å². The van der Waals surface area contributed by atoms with Crippen LogP contribution >= 0.6 is 0 Å². The van der Waals surface area contributed by atoms with Crippen LogP contribution in [-0.2, 0) is 4.79 Å². The molecule has 0 aliphatic carbocycles.